The van der Waals surface area contributed by atoms with Crippen molar-refractivity contribution in [2.75, 3.05) is 0 Å². The van der Waals surface area contributed by atoms with Gasteiger partial charge in [-0.1, -0.05) is 0 Å². The van der Waals surface area contributed by atoms with Crippen LogP contribution in [0.5, 0.6) is 0 Å². The molecule has 0 radical (unpaired) electrons. The van der Waals surface area contributed by atoms with Crippen molar-refractivity contribution in [3.63, 3.8) is 0 Å². The van der Waals surface area contributed by atoms with Gasteiger partial charge < -0.3 is 14.6 Å². The van der Waals surface area contributed by atoms with E-state index < -0.39 is 11.9 Å². The first kappa shape index (κ1) is 10.5. The minimum absolute atomic E-state index is 0.0537. The Morgan fingerprint density at radius 1 is 1.20 bits per heavy atom. The lowest BCUT2D eigenvalue weighted by molar-refractivity contribution is -0.305. The highest BCUT2D eigenvalue weighted by atomic mass is 16.5. The van der Waals surface area contributed by atoms with Gasteiger partial charge in [0, 0.05) is 5.97 Å². The molecule has 0 spiro atoms. The minimum Gasteiger partial charge on any atom is -0.550 e. The van der Waals surface area contributed by atoms with Crippen LogP contribution in [0.2, 0.25) is 0 Å². The summed E-state index contributed by atoms with van der Waals surface area (Å²) >= 11 is 0. The van der Waals surface area contributed by atoms with Crippen molar-refractivity contribution in [2.45, 2.75) is 44.6 Å². The average Bonchev–Trinajstić information content (AvgIpc) is 2.76. The van der Waals surface area contributed by atoms with Gasteiger partial charge in [-0.2, -0.15) is 0 Å². The fourth-order valence-electron chi connectivity index (χ4n) is 2.76. The predicted molar refractivity (Wildman–Crippen MR) is 49.6 cm³/mol. The number of hydrogen-bond acceptors (Lipinski definition) is 4. The third-order valence-corrected chi connectivity index (χ3v) is 3.49. The van der Waals surface area contributed by atoms with Gasteiger partial charge in [-0.25, -0.2) is 0 Å². The summed E-state index contributed by atoms with van der Waals surface area (Å²) in [5.41, 5.74) is 0. The maximum Gasteiger partial charge on any atom is 0.306 e. The highest BCUT2D eigenvalue weighted by Crippen LogP contribution is 2.45. The van der Waals surface area contributed by atoms with Gasteiger partial charge in [0.1, 0.15) is 6.10 Å². The zero-order valence-electron chi connectivity index (χ0n) is 8.61. The van der Waals surface area contributed by atoms with Crippen LogP contribution in [0.25, 0.3) is 0 Å². The number of rotatable bonds is 4. The Morgan fingerprint density at radius 2 is 2.00 bits per heavy atom. The Labute approximate surface area is 88.6 Å². The highest BCUT2D eigenvalue weighted by molar-refractivity contribution is 5.75. The SMILES string of the molecule is O=C([O-])CCC(=O)O[C@@H]1C[C@@H]2CC[C@H]1C2. The number of hydrogen-bond donors (Lipinski definition) is 0. The summed E-state index contributed by atoms with van der Waals surface area (Å²) in [6.07, 6.45) is 4.33. The van der Waals surface area contributed by atoms with Crippen LogP contribution in [0, 0.1) is 11.8 Å². The number of carbonyl (C=O) groups is 2. The van der Waals surface area contributed by atoms with Gasteiger partial charge in [-0.05, 0) is 43.9 Å². The van der Waals surface area contributed by atoms with Crippen LogP contribution in [0.4, 0.5) is 0 Å². The maximum atomic E-state index is 11.3. The largest absolute Gasteiger partial charge is 0.550 e. The Bertz CT molecular complexity index is 274. The van der Waals surface area contributed by atoms with Crippen molar-refractivity contribution in [1.29, 1.82) is 0 Å². The molecule has 0 saturated heterocycles. The number of esters is 1. The van der Waals surface area contributed by atoms with Gasteiger partial charge >= 0.3 is 5.97 Å². The quantitative estimate of drug-likeness (QED) is 0.625. The monoisotopic (exact) mass is 211 g/mol. The molecule has 2 fully saturated rings. The fourth-order valence-corrected chi connectivity index (χ4v) is 2.76. The molecule has 2 saturated carbocycles. The van der Waals surface area contributed by atoms with E-state index in [9.17, 15) is 14.7 Å². The fraction of sp³-hybridized carbons (Fsp3) is 0.818. The van der Waals surface area contributed by atoms with E-state index in [-0.39, 0.29) is 18.9 Å². The average molecular weight is 211 g/mol. The van der Waals surface area contributed by atoms with Crippen LogP contribution in [0.15, 0.2) is 0 Å². The molecule has 4 heteroatoms. The van der Waals surface area contributed by atoms with Crippen molar-refractivity contribution in [3.8, 4) is 0 Å². The Balaban J connectivity index is 1.73. The second-order valence-corrected chi connectivity index (χ2v) is 4.58. The third-order valence-electron chi connectivity index (χ3n) is 3.49. The number of aliphatic carboxylic acids is 1. The normalized spacial score (nSPS) is 32.9. The van der Waals surface area contributed by atoms with Crippen LogP contribution < -0.4 is 5.11 Å². The molecular weight excluding hydrogens is 196 g/mol. The van der Waals surface area contributed by atoms with Gasteiger partial charge in [0.25, 0.3) is 0 Å². The highest BCUT2D eigenvalue weighted by Gasteiger charge is 2.41. The van der Waals surface area contributed by atoms with E-state index in [4.69, 9.17) is 4.74 Å². The first-order valence-electron chi connectivity index (χ1n) is 5.54. The van der Waals surface area contributed by atoms with Gasteiger partial charge in [0.05, 0.1) is 6.42 Å². The standard InChI is InChI=1S/C11H16O4/c12-10(13)3-4-11(14)15-9-6-7-1-2-8(9)5-7/h7-9H,1-6H2,(H,12,13)/p-1/t7-,8+,9-/m1/s1. The van der Waals surface area contributed by atoms with Crippen molar-refractivity contribution in [3.05, 3.63) is 0 Å². The topological polar surface area (TPSA) is 66.4 Å². The molecule has 0 aromatic carbocycles. The Hall–Kier alpha value is -1.06. The molecule has 0 aromatic rings. The van der Waals surface area contributed by atoms with Crippen molar-refractivity contribution >= 4 is 11.9 Å². The summed E-state index contributed by atoms with van der Waals surface area (Å²) in [5.74, 6) is -0.326. The van der Waals surface area contributed by atoms with Gasteiger partial charge in [-0.3, -0.25) is 4.79 Å². The van der Waals surface area contributed by atoms with E-state index in [1.807, 2.05) is 0 Å². The third kappa shape index (κ3) is 2.49. The lowest BCUT2D eigenvalue weighted by atomic mass is 9.98. The molecule has 2 bridgehead atoms. The van der Waals surface area contributed by atoms with Gasteiger partial charge in [0.15, 0.2) is 0 Å². The lowest BCUT2D eigenvalue weighted by Gasteiger charge is -2.21. The number of carboxylic acids is 1. The summed E-state index contributed by atoms with van der Waals surface area (Å²) in [5, 5.41) is 10.1. The zero-order chi connectivity index (χ0) is 10.8. The summed E-state index contributed by atoms with van der Waals surface area (Å²) in [6, 6.07) is 0. The zero-order valence-corrected chi connectivity index (χ0v) is 8.61. The second kappa shape index (κ2) is 4.21. The number of fused-ring (bicyclic) bond motifs is 2. The molecule has 0 aliphatic heterocycles. The van der Waals surface area contributed by atoms with E-state index in [0.29, 0.717) is 5.92 Å². The molecular formula is C11H15O4-. The summed E-state index contributed by atoms with van der Waals surface area (Å²) in [6.45, 7) is 0. The summed E-state index contributed by atoms with van der Waals surface area (Å²) < 4.78 is 5.27. The molecule has 0 heterocycles. The van der Waals surface area contributed by atoms with Crippen LogP contribution in [-0.2, 0) is 14.3 Å². The molecule has 0 unspecified atom stereocenters. The molecule has 4 nitrogen and oxygen atoms in total. The van der Waals surface area contributed by atoms with Gasteiger partial charge in [0.2, 0.25) is 0 Å². The van der Waals surface area contributed by atoms with E-state index in [2.05, 4.69) is 0 Å². The molecule has 2 aliphatic carbocycles. The molecule has 0 amide bonds. The molecule has 0 aromatic heterocycles. The molecule has 0 N–H and O–H groups in total. The smallest absolute Gasteiger partial charge is 0.306 e. The number of carbonyl (C=O) groups excluding carboxylic acids is 2. The van der Waals surface area contributed by atoms with Crippen molar-refractivity contribution in [1.82, 2.24) is 0 Å². The minimum atomic E-state index is -1.19. The summed E-state index contributed by atoms with van der Waals surface area (Å²) in [4.78, 5) is 21.4. The lowest BCUT2D eigenvalue weighted by Crippen LogP contribution is -2.26. The molecule has 2 rings (SSSR count). The van der Waals surface area contributed by atoms with E-state index >= 15 is 0 Å². The van der Waals surface area contributed by atoms with Gasteiger partial charge in [-0.15, -0.1) is 0 Å². The first-order valence-corrected chi connectivity index (χ1v) is 5.54. The van der Waals surface area contributed by atoms with Crippen molar-refractivity contribution in [2.24, 2.45) is 11.8 Å². The van der Waals surface area contributed by atoms with E-state index in [0.717, 1.165) is 18.8 Å². The Morgan fingerprint density at radius 3 is 2.53 bits per heavy atom. The van der Waals surface area contributed by atoms with E-state index in [1.165, 1.54) is 12.8 Å². The maximum absolute atomic E-state index is 11.3. The number of ether oxygens (including phenoxy) is 1. The summed E-state index contributed by atoms with van der Waals surface area (Å²) in [7, 11) is 0. The van der Waals surface area contributed by atoms with E-state index in [1.54, 1.807) is 0 Å². The van der Waals surface area contributed by atoms with Crippen LogP contribution >= 0.6 is 0 Å². The van der Waals surface area contributed by atoms with Crippen molar-refractivity contribution < 1.29 is 19.4 Å². The first-order chi connectivity index (χ1) is 7.15. The molecule has 84 valence electrons. The molecule has 3 atom stereocenters. The second-order valence-electron chi connectivity index (χ2n) is 4.58. The Kier molecular flexibility index (Phi) is 2.93. The molecule has 2 aliphatic rings. The van der Waals surface area contributed by atoms with Crippen LogP contribution in [0.3, 0.4) is 0 Å². The predicted octanol–water partition coefficient (Wildman–Crippen LogP) is 0.248. The van der Waals surface area contributed by atoms with Crippen LogP contribution in [0.1, 0.15) is 38.5 Å². The van der Waals surface area contributed by atoms with Crippen LogP contribution in [-0.4, -0.2) is 18.0 Å². The molecule has 15 heavy (non-hydrogen) atoms. The number of carboxylic acid groups (broad SMARTS) is 1.